The van der Waals surface area contributed by atoms with E-state index in [4.69, 9.17) is 5.73 Å². The van der Waals surface area contributed by atoms with Gasteiger partial charge in [0.05, 0.1) is 10.3 Å². The average Bonchev–Trinajstić information content (AvgIpc) is 3.32. The summed E-state index contributed by atoms with van der Waals surface area (Å²) in [5.74, 6) is 1.57. The first-order valence-electron chi connectivity index (χ1n) is 10.1. The van der Waals surface area contributed by atoms with E-state index in [-0.39, 0.29) is 6.03 Å². The minimum Gasteiger partial charge on any atom is -0.353 e. The van der Waals surface area contributed by atoms with Crippen LogP contribution in [0.5, 0.6) is 0 Å². The minimum atomic E-state index is 0.0703. The number of anilines is 1. The van der Waals surface area contributed by atoms with Gasteiger partial charge < -0.3 is 20.4 Å². The van der Waals surface area contributed by atoms with E-state index in [1.54, 1.807) is 17.7 Å². The molecular formula is C20H27BrN6OS. The number of piperazine rings is 1. The molecule has 0 spiro atoms. The van der Waals surface area contributed by atoms with Gasteiger partial charge in [0.1, 0.15) is 12.1 Å². The molecule has 7 nitrogen and oxygen atoms in total. The first-order valence-corrected chi connectivity index (χ1v) is 11.7. The van der Waals surface area contributed by atoms with Crippen LogP contribution in [0.25, 0.3) is 0 Å². The minimum absolute atomic E-state index is 0.0703. The zero-order valence-electron chi connectivity index (χ0n) is 16.7. The predicted molar refractivity (Wildman–Crippen MR) is 119 cm³/mol. The van der Waals surface area contributed by atoms with Crippen LogP contribution < -0.4 is 10.6 Å². The molecule has 1 aliphatic heterocycles. The number of carbonyl (C=O) groups is 1. The van der Waals surface area contributed by atoms with Crippen LogP contribution in [0.3, 0.4) is 0 Å². The smallest absolute Gasteiger partial charge is 0.320 e. The molecule has 0 saturated carbocycles. The Balaban J connectivity index is 1.41. The molecule has 0 radical (unpaired) electrons. The first-order chi connectivity index (χ1) is 14.1. The second kappa shape index (κ2) is 8.97. The SMILES string of the molecule is CC1CCc2ncnc(N3CCN(C(=O)N(CCN)Cc4ccc(Br)s4)CC3)c21. The highest BCUT2D eigenvalue weighted by Crippen LogP contribution is 2.37. The summed E-state index contributed by atoms with van der Waals surface area (Å²) in [7, 11) is 0. The van der Waals surface area contributed by atoms with E-state index < -0.39 is 0 Å². The van der Waals surface area contributed by atoms with E-state index >= 15 is 0 Å². The summed E-state index contributed by atoms with van der Waals surface area (Å²) < 4.78 is 1.08. The predicted octanol–water partition coefficient (Wildman–Crippen LogP) is 3.05. The molecular weight excluding hydrogens is 452 g/mol. The topological polar surface area (TPSA) is 78.6 Å². The van der Waals surface area contributed by atoms with Gasteiger partial charge in [-0.15, -0.1) is 11.3 Å². The number of halogens is 1. The second-order valence-electron chi connectivity index (χ2n) is 7.67. The Morgan fingerprint density at radius 2 is 2.10 bits per heavy atom. The number of aromatic nitrogens is 2. The maximum Gasteiger partial charge on any atom is 0.320 e. The number of urea groups is 1. The molecule has 3 heterocycles. The molecule has 0 bridgehead atoms. The summed E-state index contributed by atoms with van der Waals surface area (Å²) in [6, 6.07) is 4.15. The van der Waals surface area contributed by atoms with Gasteiger partial charge in [0.25, 0.3) is 0 Å². The van der Waals surface area contributed by atoms with Gasteiger partial charge >= 0.3 is 6.03 Å². The van der Waals surface area contributed by atoms with Gasteiger partial charge in [-0.05, 0) is 46.8 Å². The highest BCUT2D eigenvalue weighted by Gasteiger charge is 2.30. The lowest BCUT2D eigenvalue weighted by atomic mass is 10.1. The van der Waals surface area contributed by atoms with Crippen molar-refractivity contribution in [3.8, 4) is 0 Å². The Hall–Kier alpha value is -1.71. The fraction of sp³-hybridized carbons (Fsp3) is 0.550. The van der Waals surface area contributed by atoms with Crippen molar-refractivity contribution in [2.24, 2.45) is 5.73 Å². The van der Waals surface area contributed by atoms with Crippen molar-refractivity contribution in [2.45, 2.75) is 32.2 Å². The third-order valence-corrected chi connectivity index (χ3v) is 7.36. The van der Waals surface area contributed by atoms with Gasteiger partial charge in [-0.25, -0.2) is 14.8 Å². The summed E-state index contributed by atoms with van der Waals surface area (Å²) in [6.45, 7) is 6.86. The van der Waals surface area contributed by atoms with Crippen LogP contribution in [0.2, 0.25) is 0 Å². The number of rotatable bonds is 5. The van der Waals surface area contributed by atoms with Gasteiger partial charge in [0.15, 0.2) is 0 Å². The van der Waals surface area contributed by atoms with Crippen molar-refractivity contribution in [3.63, 3.8) is 0 Å². The zero-order chi connectivity index (χ0) is 20.4. The number of thiophene rings is 1. The molecule has 2 aromatic rings. The molecule has 156 valence electrons. The van der Waals surface area contributed by atoms with Crippen molar-refractivity contribution < 1.29 is 4.79 Å². The molecule has 2 N–H and O–H groups in total. The molecule has 29 heavy (non-hydrogen) atoms. The van der Waals surface area contributed by atoms with Gasteiger partial charge in [-0.3, -0.25) is 0 Å². The molecule has 2 aromatic heterocycles. The van der Waals surface area contributed by atoms with Crippen LogP contribution >= 0.6 is 27.3 Å². The van der Waals surface area contributed by atoms with E-state index in [0.29, 0.717) is 38.6 Å². The number of nitrogens with zero attached hydrogens (tertiary/aromatic N) is 5. The molecule has 1 fully saturated rings. The van der Waals surface area contributed by atoms with Gasteiger partial charge in [-0.2, -0.15) is 0 Å². The van der Waals surface area contributed by atoms with Crippen molar-refractivity contribution in [2.75, 3.05) is 44.2 Å². The number of nitrogens with two attached hydrogens (primary N) is 1. The van der Waals surface area contributed by atoms with Crippen LogP contribution in [-0.2, 0) is 13.0 Å². The Bertz CT molecular complexity index is 866. The van der Waals surface area contributed by atoms with E-state index in [1.165, 1.54) is 11.3 Å². The molecule has 1 atom stereocenters. The van der Waals surface area contributed by atoms with E-state index in [2.05, 4.69) is 43.8 Å². The van der Waals surface area contributed by atoms with Gasteiger partial charge in [0, 0.05) is 55.4 Å². The fourth-order valence-electron chi connectivity index (χ4n) is 4.21. The summed E-state index contributed by atoms with van der Waals surface area (Å²) in [5.41, 5.74) is 8.28. The molecule has 1 saturated heterocycles. The molecule has 9 heteroatoms. The number of hydrogen-bond acceptors (Lipinski definition) is 6. The average molecular weight is 479 g/mol. The second-order valence-corrected chi connectivity index (χ2v) is 10.2. The Kier molecular flexibility index (Phi) is 6.36. The lowest BCUT2D eigenvalue weighted by Crippen LogP contribution is -2.53. The molecule has 1 unspecified atom stereocenters. The monoisotopic (exact) mass is 478 g/mol. The van der Waals surface area contributed by atoms with Crippen LogP contribution in [0, 0.1) is 0 Å². The maximum absolute atomic E-state index is 13.1. The normalized spacial score (nSPS) is 18.8. The quantitative estimate of drug-likeness (QED) is 0.714. The Labute approximate surface area is 184 Å². The zero-order valence-corrected chi connectivity index (χ0v) is 19.1. The maximum atomic E-state index is 13.1. The largest absolute Gasteiger partial charge is 0.353 e. The highest BCUT2D eigenvalue weighted by atomic mass is 79.9. The molecule has 2 amide bonds. The third-order valence-electron chi connectivity index (χ3n) is 5.75. The van der Waals surface area contributed by atoms with E-state index in [0.717, 1.165) is 40.4 Å². The Morgan fingerprint density at radius 1 is 1.31 bits per heavy atom. The van der Waals surface area contributed by atoms with Crippen LogP contribution in [0.1, 0.15) is 35.4 Å². The highest BCUT2D eigenvalue weighted by molar-refractivity contribution is 9.11. The fourth-order valence-corrected chi connectivity index (χ4v) is 5.71. The molecule has 1 aliphatic carbocycles. The van der Waals surface area contributed by atoms with Gasteiger partial charge in [-0.1, -0.05) is 6.92 Å². The lowest BCUT2D eigenvalue weighted by molar-refractivity contribution is 0.149. The van der Waals surface area contributed by atoms with Crippen LogP contribution in [0.4, 0.5) is 10.6 Å². The number of carbonyl (C=O) groups excluding carboxylic acids is 1. The number of amides is 2. The number of fused-ring (bicyclic) bond motifs is 1. The summed E-state index contributed by atoms with van der Waals surface area (Å²) in [4.78, 5) is 29.5. The van der Waals surface area contributed by atoms with Crippen molar-refractivity contribution in [3.05, 3.63) is 38.4 Å². The van der Waals surface area contributed by atoms with Crippen molar-refractivity contribution >= 4 is 39.1 Å². The Morgan fingerprint density at radius 3 is 2.79 bits per heavy atom. The first kappa shape index (κ1) is 20.6. The summed E-state index contributed by atoms with van der Waals surface area (Å²) in [6.07, 6.45) is 3.87. The molecule has 2 aliphatic rings. The van der Waals surface area contributed by atoms with Gasteiger partial charge in [0.2, 0.25) is 0 Å². The van der Waals surface area contributed by atoms with E-state index in [1.807, 2.05) is 15.9 Å². The third kappa shape index (κ3) is 4.41. The number of aryl methyl sites for hydroxylation is 1. The molecule has 0 aromatic carbocycles. The molecule has 4 rings (SSSR count). The van der Waals surface area contributed by atoms with Crippen molar-refractivity contribution in [1.29, 1.82) is 0 Å². The standard InChI is InChI=1S/C20H27BrN6OS/c1-14-2-4-16-18(14)19(24-13-23-16)25-8-10-26(11-9-25)20(28)27(7-6-22)12-15-3-5-17(21)29-15/h3,5,13-14H,2,4,6-12,22H2,1H3. The van der Waals surface area contributed by atoms with Crippen LogP contribution in [-0.4, -0.2) is 65.1 Å². The van der Waals surface area contributed by atoms with E-state index in [9.17, 15) is 4.79 Å². The lowest BCUT2D eigenvalue weighted by Gasteiger charge is -2.38. The van der Waals surface area contributed by atoms with Crippen LogP contribution in [0.15, 0.2) is 22.2 Å². The van der Waals surface area contributed by atoms with Crippen molar-refractivity contribution in [1.82, 2.24) is 19.8 Å². The summed E-state index contributed by atoms with van der Waals surface area (Å²) >= 11 is 5.15. The number of hydrogen-bond donors (Lipinski definition) is 1. The summed E-state index contributed by atoms with van der Waals surface area (Å²) in [5, 5.41) is 0.